The number of amides is 2. The number of ether oxygens (including phenoxy) is 3. The van der Waals surface area contributed by atoms with Gasteiger partial charge in [0.05, 0.1) is 23.6 Å². The van der Waals surface area contributed by atoms with Crippen molar-refractivity contribution in [2.75, 3.05) is 46.6 Å². The van der Waals surface area contributed by atoms with Crippen LogP contribution in [0.4, 0.5) is 18.0 Å². The minimum atomic E-state index is -4.52. The summed E-state index contributed by atoms with van der Waals surface area (Å²) in [4.78, 5) is 39.0. The first kappa shape index (κ1) is 27.4. The van der Waals surface area contributed by atoms with Gasteiger partial charge in [0.25, 0.3) is 0 Å². The molecule has 2 amide bonds. The Morgan fingerprint density at radius 1 is 1.36 bits per heavy atom. The van der Waals surface area contributed by atoms with Crippen molar-refractivity contribution < 1.29 is 37.0 Å². The highest BCUT2D eigenvalue weighted by atomic mass is 19.4. The van der Waals surface area contributed by atoms with Crippen LogP contribution in [0.2, 0.25) is 0 Å². The van der Waals surface area contributed by atoms with Crippen molar-refractivity contribution in [2.45, 2.75) is 50.6 Å². The van der Waals surface area contributed by atoms with Crippen molar-refractivity contribution in [3.8, 4) is 12.3 Å². The van der Waals surface area contributed by atoms with Crippen LogP contribution in [0.5, 0.6) is 0 Å². The van der Waals surface area contributed by atoms with Crippen LogP contribution in [0.25, 0.3) is 0 Å². The number of nitrogens with zero attached hydrogens (tertiary/aromatic N) is 4. The molecule has 0 bridgehead atoms. The largest absolute Gasteiger partial charge is 0.436 e. The van der Waals surface area contributed by atoms with Gasteiger partial charge in [-0.15, -0.1) is 6.42 Å². The van der Waals surface area contributed by atoms with E-state index in [1.165, 1.54) is 4.90 Å². The summed E-state index contributed by atoms with van der Waals surface area (Å²) in [6.45, 7) is 1.64. The minimum absolute atomic E-state index is 0.0271. The average molecular weight is 549 g/mol. The lowest BCUT2D eigenvalue weighted by molar-refractivity contribution is -0.143. The SMILES string of the molecule is C#CCOC(=O)N1C[C@@H]2CC(=NC3CCOCC3OC)C[C@]2(C(=O)N2CCc3ncc(C(F)(F)F)cc3C2)C1. The Morgan fingerprint density at radius 3 is 2.92 bits per heavy atom. The van der Waals surface area contributed by atoms with Gasteiger partial charge in [-0.05, 0) is 30.4 Å². The molecule has 2 saturated heterocycles. The van der Waals surface area contributed by atoms with Gasteiger partial charge in [0.15, 0.2) is 6.61 Å². The van der Waals surface area contributed by atoms with E-state index >= 15 is 0 Å². The van der Waals surface area contributed by atoms with Crippen molar-refractivity contribution in [1.29, 1.82) is 0 Å². The molecule has 4 aliphatic rings. The Balaban J connectivity index is 1.41. The fraction of sp³-hybridized carbons (Fsp3) is 0.630. The van der Waals surface area contributed by atoms with Crippen molar-refractivity contribution >= 4 is 17.7 Å². The van der Waals surface area contributed by atoms with E-state index in [9.17, 15) is 22.8 Å². The molecule has 5 rings (SSSR count). The second kappa shape index (κ2) is 10.8. The number of likely N-dealkylation sites (tertiary alicyclic amines) is 1. The van der Waals surface area contributed by atoms with Crippen LogP contribution in [-0.4, -0.2) is 91.2 Å². The number of carbonyl (C=O) groups excluding carboxylic acids is 2. The molecule has 210 valence electrons. The normalized spacial score (nSPS) is 29.6. The molecule has 0 radical (unpaired) electrons. The third kappa shape index (κ3) is 5.34. The highest BCUT2D eigenvalue weighted by Crippen LogP contribution is 2.50. The molecule has 39 heavy (non-hydrogen) atoms. The average Bonchev–Trinajstić information content (AvgIpc) is 3.45. The van der Waals surface area contributed by atoms with Crippen LogP contribution >= 0.6 is 0 Å². The molecule has 0 N–H and O–H groups in total. The van der Waals surface area contributed by atoms with E-state index in [1.807, 2.05) is 0 Å². The van der Waals surface area contributed by atoms with Gasteiger partial charge >= 0.3 is 12.3 Å². The molecule has 12 heteroatoms. The summed E-state index contributed by atoms with van der Waals surface area (Å²) < 4.78 is 56.1. The fourth-order valence-corrected chi connectivity index (χ4v) is 6.28. The Hall–Kier alpha value is -3.17. The van der Waals surface area contributed by atoms with E-state index in [2.05, 4.69) is 10.9 Å². The number of carbonyl (C=O) groups is 2. The first-order chi connectivity index (χ1) is 18.6. The number of terminal acetylenes is 1. The number of methoxy groups -OCH3 is 1. The lowest BCUT2D eigenvalue weighted by Gasteiger charge is -2.36. The Kier molecular flexibility index (Phi) is 7.57. The summed E-state index contributed by atoms with van der Waals surface area (Å²) in [6, 6.07) is 0.988. The second-order valence-electron chi connectivity index (χ2n) is 10.6. The van der Waals surface area contributed by atoms with E-state index in [4.69, 9.17) is 25.6 Å². The number of aliphatic imine (C=N–C) groups is 1. The zero-order chi connectivity index (χ0) is 27.8. The van der Waals surface area contributed by atoms with E-state index in [0.29, 0.717) is 63.2 Å². The molecular formula is C27H31F3N4O5. The van der Waals surface area contributed by atoms with E-state index in [1.54, 1.807) is 12.0 Å². The van der Waals surface area contributed by atoms with Crippen molar-refractivity contribution in [3.05, 3.63) is 29.1 Å². The molecule has 2 unspecified atom stereocenters. The third-order valence-corrected chi connectivity index (χ3v) is 8.23. The van der Waals surface area contributed by atoms with Crippen LogP contribution in [0.15, 0.2) is 17.3 Å². The molecule has 3 fully saturated rings. The van der Waals surface area contributed by atoms with Gasteiger partial charge in [-0.2, -0.15) is 13.2 Å². The molecule has 1 aromatic heterocycles. The van der Waals surface area contributed by atoms with Gasteiger partial charge in [-0.1, -0.05) is 5.92 Å². The molecule has 0 aromatic carbocycles. The van der Waals surface area contributed by atoms with E-state index in [-0.39, 0.29) is 43.7 Å². The monoisotopic (exact) mass is 548 g/mol. The number of pyridine rings is 1. The van der Waals surface area contributed by atoms with Crippen LogP contribution in [0.3, 0.4) is 0 Å². The molecule has 4 atom stereocenters. The standard InChI is InChI=1S/C27H31F3N4O5/c1-3-7-39-25(36)34-14-19-10-20(32-22-5-8-38-15-23(22)37-2)11-26(19,16-34)24(35)33-6-4-21-17(13-33)9-18(12-31-21)27(28,29)30/h1,9,12,19,22-23H,4-8,10-11,13-16H2,2H3/t19-,22?,23?,26-/m0/s1. The Bertz CT molecular complexity index is 1200. The first-order valence-corrected chi connectivity index (χ1v) is 13.0. The number of aromatic nitrogens is 1. The topological polar surface area (TPSA) is 93.6 Å². The molecule has 3 aliphatic heterocycles. The van der Waals surface area contributed by atoms with Crippen LogP contribution < -0.4 is 0 Å². The maximum absolute atomic E-state index is 14.2. The quantitative estimate of drug-likeness (QED) is 0.538. The Morgan fingerprint density at radius 2 is 2.18 bits per heavy atom. The van der Waals surface area contributed by atoms with Crippen molar-refractivity contribution in [2.24, 2.45) is 16.3 Å². The smallest absolute Gasteiger partial charge is 0.417 e. The molecule has 9 nitrogen and oxygen atoms in total. The summed E-state index contributed by atoms with van der Waals surface area (Å²) in [6.07, 6.45) is 2.72. The molecule has 1 aromatic rings. The maximum Gasteiger partial charge on any atom is 0.417 e. The lowest BCUT2D eigenvalue weighted by atomic mass is 9.79. The highest BCUT2D eigenvalue weighted by Gasteiger charge is 2.59. The zero-order valence-corrected chi connectivity index (χ0v) is 21.7. The van der Waals surface area contributed by atoms with Gasteiger partial charge in [0.2, 0.25) is 5.91 Å². The number of fused-ring (bicyclic) bond motifs is 2. The van der Waals surface area contributed by atoms with Gasteiger partial charge in [-0.3, -0.25) is 14.8 Å². The van der Waals surface area contributed by atoms with Gasteiger partial charge in [0.1, 0.15) is 6.10 Å². The lowest BCUT2D eigenvalue weighted by Crippen LogP contribution is -2.49. The number of halogens is 3. The molecule has 1 saturated carbocycles. The van der Waals surface area contributed by atoms with Crippen LogP contribution in [0, 0.1) is 23.7 Å². The summed E-state index contributed by atoms with van der Waals surface area (Å²) >= 11 is 0. The fourth-order valence-electron chi connectivity index (χ4n) is 6.28. The second-order valence-corrected chi connectivity index (χ2v) is 10.6. The third-order valence-electron chi connectivity index (χ3n) is 8.23. The Labute approximate surface area is 224 Å². The predicted octanol–water partition coefficient (Wildman–Crippen LogP) is 2.71. The maximum atomic E-state index is 14.2. The molecule has 1 aliphatic carbocycles. The van der Waals surface area contributed by atoms with E-state index in [0.717, 1.165) is 18.0 Å². The minimum Gasteiger partial charge on any atom is -0.436 e. The van der Waals surface area contributed by atoms with Gasteiger partial charge in [0, 0.05) is 70.3 Å². The molecule has 0 spiro atoms. The van der Waals surface area contributed by atoms with Gasteiger partial charge < -0.3 is 24.0 Å². The molecular weight excluding hydrogens is 517 g/mol. The zero-order valence-electron chi connectivity index (χ0n) is 21.7. The highest BCUT2D eigenvalue weighted by molar-refractivity contribution is 5.98. The number of rotatable bonds is 4. The summed E-state index contributed by atoms with van der Waals surface area (Å²) in [5, 5.41) is 0. The summed E-state index contributed by atoms with van der Waals surface area (Å²) in [5.41, 5.74) is 0.0455. The number of alkyl halides is 3. The summed E-state index contributed by atoms with van der Waals surface area (Å²) in [5.74, 6) is 1.88. The van der Waals surface area contributed by atoms with Crippen LogP contribution in [0.1, 0.15) is 36.1 Å². The van der Waals surface area contributed by atoms with Crippen molar-refractivity contribution in [1.82, 2.24) is 14.8 Å². The van der Waals surface area contributed by atoms with Crippen LogP contribution in [-0.2, 0) is 38.1 Å². The molecule has 4 heterocycles. The van der Waals surface area contributed by atoms with Gasteiger partial charge in [-0.25, -0.2) is 4.79 Å². The van der Waals surface area contributed by atoms with Crippen molar-refractivity contribution in [3.63, 3.8) is 0 Å². The number of hydrogen-bond acceptors (Lipinski definition) is 7. The predicted molar refractivity (Wildman–Crippen MR) is 133 cm³/mol. The summed E-state index contributed by atoms with van der Waals surface area (Å²) in [7, 11) is 1.62. The first-order valence-electron chi connectivity index (χ1n) is 13.0. The number of hydrogen-bond donors (Lipinski definition) is 0. The van der Waals surface area contributed by atoms with E-state index < -0.39 is 23.2 Å².